The van der Waals surface area contributed by atoms with Crippen LogP contribution >= 0.6 is 15.9 Å². The standard InChI is InChI=1S/C16H16BrFN2O3S/c1-11-10-12(17)2-7-15(11)20-16(21)8-9-19-24(22,23)14-5-3-13(18)4-6-14/h2-7,10,19H,8-9H2,1H3,(H,20,21). The summed E-state index contributed by atoms with van der Waals surface area (Å²) >= 11 is 3.34. The average molecular weight is 415 g/mol. The predicted molar refractivity (Wildman–Crippen MR) is 93.7 cm³/mol. The van der Waals surface area contributed by atoms with Crippen LogP contribution in [0.1, 0.15) is 12.0 Å². The SMILES string of the molecule is Cc1cc(Br)ccc1NC(=O)CCNS(=O)(=O)c1ccc(F)cc1. The molecule has 24 heavy (non-hydrogen) atoms. The van der Waals surface area contributed by atoms with Gasteiger partial charge in [0, 0.05) is 23.1 Å². The van der Waals surface area contributed by atoms with Gasteiger partial charge in [-0.15, -0.1) is 0 Å². The number of sulfonamides is 1. The van der Waals surface area contributed by atoms with Crippen LogP contribution in [0.25, 0.3) is 0 Å². The third-order valence-corrected chi connectivity index (χ3v) is 5.20. The summed E-state index contributed by atoms with van der Waals surface area (Å²) in [6.45, 7) is 1.80. The van der Waals surface area contributed by atoms with E-state index in [2.05, 4.69) is 26.0 Å². The van der Waals surface area contributed by atoms with Gasteiger partial charge in [-0.25, -0.2) is 17.5 Å². The molecule has 0 radical (unpaired) electrons. The lowest BCUT2D eigenvalue weighted by Gasteiger charge is -2.10. The fourth-order valence-electron chi connectivity index (χ4n) is 1.98. The summed E-state index contributed by atoms with van der Waals surface area (Å²) in [5, 5.41) is 2.73. The summed E-state index contributed by atoms with van der Waals surface area (Å²) in [5.74, 6) is -0.819. The molecule has 5 nitrogen and oxygen atoms in total. The molecule has 0 unspecified atom stereocenters. The number of nitrogens with one attached hydrogen (secondary N) is 2. The number of hydrogen-bond acceptors (Lipinski definition) is 3. The minimum atomic E-state index is -3.76. The summed E-state index contributed by atoms with van der Waals surface area (Å²) in [7, 11) is -3.76. The fraction of sp³-hybridized carbons (Fsp3) is 0.188. The van der Waals surface area contributed by atoms with E-state index in [9.17, 15) is 17.6 Å². The first-order valence-electron chi connectivity index (χ1n) is 7.09. The number of hydrogen-bond donors (Lipinski definition) is 2. The van der Waals surface area contributed by atoms with E-state index in [1.54, 1.807) is 12.1 Å². The molecule has 0 aromatic heterocycles. The van der Waals surface area contributed by atoms with Gasteiger partial charge in [-0.1, -0.05) is 15.9 Å². The predicted octanol–water partition coefficient (Wildman–Crippen LogP) is 3.20. The molecule has 0 atom stereocenters. The number of halogens is 2. The number of carbonyl (C=O) groups is 1. The van der Waals surface area contributed by atoms with Crippen molar-refractivity contribution in [1.82, 2.24) is 4.72 Å². The summed E-state index contributed by atoms with van der Waals surface area (Å²) < 4.78 is 40.1. The Morgan fingerprint density at radius 1 is 1.17 bits per heavy atom. The van der Waals surface area contributed by atoms with E-state index < -0.39 is 15.8 Å². The van der Waals surface area contributed by atoms with Crippen LogP contribution in [-0.4, -0.2) is 20.9 Å². The molecule has 0 bridgehead atoms. The van der Waals surface area contributed by atoms with E-state index in [1.807, 2.05) is 13.0 Å². The molecule has 2 aromatic rings. The first-order valence-corrected chi connectivity index (χ1v) is 9.37. The van der Waals surface area contributed by atoms with Crippen molar-refractivity contribution in [2.45, 2.75) is 18.2 Å². The Bertz CT molecular complexity index is 839. The van der Waals surface area contributed by atoms with Gasteiger partial charge in [0.2, 0.25) is 15.9 Å². The minimum absolute atomic E-state index is 0.0179. The second-order valence-electron chi connectivity index (χ2n) is 5.11. The third-order valence-electron chi connectivity index (χ3n) is 3.23. The molecule has 2 rings (SSSR count). The van der Waals surface area contributed by atoms with Crippen LogP contribution in [0.15, 0.2) is 51.8 Å². The lowest BCUT2D eigenvalue weighted by Crippen LogP contribution is -2.28. The Labute approximate surface area is 148 Å². The number of amides is 1. The van der Waals surface area contributed by atoms with Crippen molar-refractivity contribution >= 4 is 37.5 Å². The zero-order chi connectivity index (χ0) is 17.7. The summed E-state index contributed by atoms with van der Waals surface area (Å²) in [4.78, 5) is 11.9. The molecule has 0 fully saturated rings. The van der Waals surface area contributed by atoms with E-state index in [0.717, 1.165) is 22.2 Å². The van der Waals surface area contributed by atoms with Gasteiger partial charge in [0.1, 0.15) is 5.82 Å². The maximum absolute atomic E-state index is 12.8. The van der Waals surface area contributed by atoms with Crippen LogP contribution in [0.5, 0.6) is 0 Å². The number of carbonyl (C=O) groups excluding carboxylic acids is 1. The summed E-state index contributed by atoms with van der Waals surface area (Å²) in [5.41, 5.74) is 1.56. The van der Waals surface area contributed by atoms with E-state index in [4.69, 9.17) is 0 Å². The van der Waals surface area contributed by atoms with E-state index in [1.165, 1.54) is 12.1 Å². The Balaban J connectivity index is 1.89. The monoisotopic (exact) mass is 414 g/mol. The number of anilines is 1. The van der Waals surface area contributed by atoms with Gasteiger partial charge in [-0.3, -0.25) is 4.79 Å². The fourth-order valence-corrected chi connectivity index (χ4v) is 3.48. The van der Waals surface area contributed by atoms with E-state index in [-0.39, 0.29) is 23.8 Å². The maximum Gasteiger partial charge on any atom is 0.240 e. The topological polar surface area (TPSA) is 75.3 Å². The van der Waals surface area contributed by atoms with E-state index in [0.29, 0.717) is 5.69 Å². The van der Waals surface area contributed by atoms with Gasteiger partial charge >= 0.3 is 0 Å². The lowest BCUT2D eigenvalue weighted by atomic mass is 10.2. The molecular formula is C16H16BrFN2O3S. The van der Waals surface area contributed by atoms with Crippen molar-refractivity contribution in [2.75, 3.05) is 11.9 Å². The minimum Gasteiger partial charge on any atom is -0.326 e. The molecule has 2 aromatic carbocycles. The van der Waals surface area contributed by atoms with Crippen molar-refractivity contribution in [3.63, 3.8) is 0 Å². The smallest absolute Gasteiger partial charge is 0.240 e. The molecule has 0 aliphatic heterocycles. The molecule has 0 saturated heterocycles. The van der Waals surface area contributed by atoms with Crippen LogP contribution in [0.3, 0.4) is 0 Å². The second kappa shape index (κ2) is 7.87. The highest BCUT2D eigenvalue weighted by Crippen LogP contribution is 2.20. The number of benzene rings is 2. The van der Waals surface area contributed by atoms with Gasteiger partial charge in [0.15, 0.2) is 0 Å². The van der Waals surface area contributed by atoms with Crippen molar-refractivity contribution in [1.29, 1.82) is 0 Å². The van der Waals surface area contributed by atoms with Gasteiger partial charge in [0.25, 0.3) is 0 Å². The highest BCUT2D eigenvalue weighted by atomic mass is 79.9. The molecule has 1 amide bonds. The number of aryl methyl sites for hydroxylation is 1. The summed E-state index contributed by atoms with van der Waals surface area (Å²) in [6.07, 6.45) is -0.0179. The number of rotatable bonds is 6. The van der Waals surface area contributed by atoms with Gasteiger partial charge in [0.05, 0.1) is 4.90 Å². The van der Waals surface area contributed by atoms with E-state index >= 15 is 0 Å². The molecule has 0 aliphatic carbocycles. The summed E-state index contributed by atoms with van der Waals surface area (Å²) in [6, 6.07) is 9.91. The van der Waals surface area contributed by atoms with Gasteiger partial charge < -0.3 is 5.32 Å². The molecule has 128 valence electrons. The molecular weight excluding hydrogens is 399 g/mol. The van der Waals surface area contributed by atoms with Gasteiger partial charge in [-0.2, -0.15) is 0 Å². The molecule has 0 heterocycles. The molecule has 0 spiro atoms. The molecule has 0 saturated carbocycles. The van der Waals surface area contributed by atoms with Crippen molar-refractivity contribution in [2.24, 2.45) is 0 Å². The first kappa shape index (κ1) is 18.6. The average Bonchev–Trinajstić information content (AvgIpc) is 2.50. The maximum atomic E-state index is 12.8. The lowest BCUT2D eigenvalue weighted by molar-refractivity contribution is -0.116. The molecule has 2 N–H and O–H groups in total. The highest BCUT2D eigenvalue weighted by molar-refractivity contribution is 9.10. The Hall–Kier alpha value is -1.77. The van der Waals surface area contributed by atoms with Crippen LogP contribution in [-0.2, 0) is 14.8 Å². The van der Waals surface area contributed by atoms with Crippen LogP contribution in [0.2, 0.25) is 0 Å². The zero-order valence-corrected chi connectivity index (χ0v) is 15.2. The van der Waals surface area contributed by atoms with Crippen molar-refractivity contribution < 1.29 is 17.6 Å². The Morgan fingerprint density at radius 3 is 2.46 bits per heavy atom. The quantitative estimate of drug-likeness (QED) is 0.761. The highest BCUT2D eigenvalue weighted by Gasteiger charge is 2.14. The van der Waals surface area contributed by atoms with Crippen LogP contribution in [0, 0.1) is 12.7 Å². The van der Waals surface area contributed by atoms with Gasteiger partial charge in [-0.05, 0) is 55.0 Å². The normalized spacial score (nSPS) is 11.3. The Morgan fingerprint density at radius 2 is 1.83 bits per heavy atom. The van der Waals surface area contributed by atoms with Crippen LogP contribution < -0.4 is 10.0 Å². The molecule has 8 heteroatoms. The van der Waals surface area contributed by atoms with Crippen molar-refractivity contribution in [3.8, 4) is 0 Å². The first-order chi connectivity index (χ1) is 11.3. The zero-order valence-electron chi connectivity index (χ0n) is 12.8. The molecule has 0 aliphatic rings. The second-order valence-corrected chi connectivity index (χ2v) is 7.79. The van der Waals surface area contributed by atoms with Crippen molar-refractivity contribution in [3.05, 3.63) is 58.3 Å². The largest absolute Gasteiger partial charge is 0.326 e. The Kier molecular flexibility index (Phi) is 6.09. The van der Waals surface area contributed by atoms with Crippen LogP contribution in [0.4, 0.5) is 10.1 Å². The third kappa shape index (κ3) is 5.12.